The smallest absolute Gasteiger partial charge is 0.128 e. The van der Waals surface area contributed by atoms with Crippen molar-refractivity contribution in [1.82, 2.24) is 10.3 Å². The summed E-state index contributed by atoms with van der Waals surface area (Å²) in [5.74, 6) is 1.98. The van der Waals surface area contributed by atoms with Gasteiger partial charge in [0.05, 0.1) is 14.2 Å². The van der Waals surface area contributed by atoms with Crippen molar-refractivity contribution in [2.75, 3.05) is 20.8 Å². The molecule has 0 saturated carbocycles. The molecule has 0 radical (unpaired) electrons. The highest BCUT2D eigenvalue weighted by molar-refractivity contribution is 5.89. The summed E-state index contributed by atoms with van der Waals surface area (Å²) in [5.41, 5.74) is 5.25. The molecule has 1 aromatic heterocycles. The largest absolute Gasteiger partial charge is 0.496 e. The molecule has 2 aromatic carbocycles. The van der Waals surface area contributed by atoms with Crippen LogP contribution in [0.1, 0.15) is 23.1 Å². The molecular weight excluding hydrogens is 324 g/mol. The molecule has 0 bridgehead atoms. The van der Waals surface area contributed by atoms with E-state index in [1.54, 1.807) is 14.2 Å². The number of nitrogens with one attached hydrogen (secondary N) is 2. The number of aromatic nitrogens is 1. The van der Waals surface area contributed by atoms with Gasteiger partial charge in [0.1, 0.15) is 11.5 Å². The van der Waals surface area contributed by atoms with E-state index in [0.717, 1.165) is 49.2 Å². The normalized spacial score (nSPS) is 16.5. The maximum Gasteiger partial charge on any atom is 0.128 e. The number of benzene rings is 2. The Hall–Kier alpha value is -2.46. The van der Waals surface area contributed by atoms with Gasteiger partial charge in [-0.1, -0.05) is 18.2 Å². The highest BCUT2D eigenvalue weighted by Crippen LogP contribution is 2.30. The Morgan fingerprint density at radius 1 is 1.08 bits per heavy atom. The lowest BCUT2D eigenvalue weighted by atomic mass is 9.87. The number of rotatable bonds is 6. The van der Waals surface area contributed by atoms with Gasteiger partial charge >= 0.3 is 0 Å². The number of aromatic amines is 1. The molecule has 136 valence electrons. The van der Waals surface area contributed by atoms with Gasteiger partial charge in [0.2, 0.25) is 0 Å². The third kappa shape index (κ3) is 3.17. The molecule has 1 atom stereocenters. The summed E-state index contributed by atoms with van der Waals surface area (Å²) in [5, 5.41) is 4.95. The summed E-state index contributed by atoms with van der Waals surface area (Å²) < 4.78 is 11.0. The molecule has 3 aromatic rings. The van der Waals surface area contributed by atoms with Gasteiger partial charge in [0.25, 0.3) is 0 Å². The molecule has 4 heteroatoms. The number of hydrogen-bond acceptors (Lipinski definition) is 3. The Labute approximate surface area is 154 Å². The highest BCUT2D eigenvalue weighted by atomic mass is 16.5. The van der Waals surface area contributed by atoms with Crippen LogP contribution < -0.4 is 14.8 Å². The quantitative estimate of drug-likeness (QED) is 0.709. The lowest BCUT2D eigenvalue weighted by Crippen LogP contribution is -2.35. The molecular formula is C22H26N2O2. The summed E-state index contributed by atoms with van der Waals surface area (Å²) in [6.45, 7) is 0.967. The molecule has 26 heavy (non-hydrogen) atoms. The van der Waals surface area contributed by atoms with Gasteiger partial charge in [0, 0.05) is 23.1 Å². The van der Waals surface area contributed by atoms with Crippen LogP contribution in [0.2, 0.25) is 0 Å². The second-order valence-corrected chi connectivity index (χ2v) is 6.94. The first kappa shape index (κ1) is 17.0. The minimum Gasteiger partial charge on any atom is -0.496 e. The van der Waals surface area contributed by atoms with Crippen LogP contribution in [-0.2, 0) is 19.3 Å². The van der Waals surface area contributed by atoms with Crippen LogP contribution in [0, 0.1) is 0 Å². The molecule has 0 fully saturated rings. The van der Waals surface area contributed by atoms with E-state index in [0.29, 0.717) is 6.04 Å². The average Bonchev–Trinajstić information content (AvgIpc) is 3.10. The maximum atomic E-state index is 5.53. The lowest BCUT2D eigenvalue weighted by Gasteiger charge is -2.26. The number of hydrogen-bond donors (Lipinski definition) is 2. The van der Waals surface area contributed by atoms with E-state index >= 15 is 0 Å². The van der Waals surface area contributed by atoms with E-state index in [-0.39, 0.29) is 0 Å². The van der Waals surface area contributed by atoms with Crippen molar-refractivity contribution >= 4 is 10.9 Å². The van der Waals surface area contributed by atoms with Gasteiger partial charge in [0.15, 0.2) is 0 Å². The Morgan fingerprint density at radius 2 is 1.88 bits per heavy atom. The third-order valence-corrected chi connectivity index (χ3v) is 5.46. The first-order chi connectivity index (χ1) is 12.8. The monoisotopic (exact) mass is 350 g/mol. The van der Waals surface area contributed by atoms with Crippen LogP contribution in [0.3, 0.4) is 0 Å². The molecule has 4 rings (SSSR count). The van der Waals surface area contributed by atoms with E-state index in [1.807, 2.05) is 12.1 Å². The van der Waals surface area contributed by atoms with Crippen molar-refractivity contribution in [2.24, 2.45) is 0 Å². The Kier molecular flexibility index (Phi) is 4.85. The van der Waals surface area contributed by atoms with Gasteiger partial charge in [-0.2, -0.15) is 0 Å². The second kappa shape index (κ2) is 7.42. The van der Waals surface area contributed by atoms with Crippen molar-refractivity contribution < 1.29 is 9.47 Å². The van der Waals surface area contributed by atoms with Gasteiger partial charge < -0.3 is 19.8 Å². The zero-order valence-corrected chi connectivity index (χ0v) is 15.5. The second-order valence-electron chi connectivity index (χ2n) is 6.94. The average molecular weight is 350 g/mol. The van der Waals surface area contributed by atoms with Crippen LogP contribution in [0.5, 0.6) is 11.5 Å². The Balaban J connectivity index is 1.40. The van der Waals surface area contributed by atoms with Crippen LogP contribution >= 0.6 is 0 Å². The molecule has 2 N–H and O–H groups in total. The van der Waals surface area contributed by atoms with Gasteiger partial charge in [-0.25, -0.2) is 0 Å². The maximum absolute atomic E-state index is 5.53. The molecule has 0 saturated heterocycles. The summed E-state index contributed by atoms with van der Waals surface area (Å²) in [6, 6.07) is 13.1. The fraction of sp³-hybridized carbons (Fsp3) is 0.364. The van der Waals surface area contributed by atoms with Gasteiger partial charge in [-0.05, 0) is 67.1 Å². The first-order valence-electron chi connectivity index (χ1n) is 9.31. The summed E-state index contributed by atoms with van der Waals surface area (Å²) in [6.07, 6.45) is 6.41. The van der Waals surface area contributed by atoms with E-state index in [2.05, 4.69) is 40.8 Å². The summed E-state index contributed by atoms with van der Waals surface area (Å²) in [4.78, 5) is 3.36. The van der Waals surface area contributed by atoms with E-state index in [1.165, 1.54) is 22.1 Å². The number of methoxy groups -OCH3 is 2. The zero-order valence-electron chi connectivity index (χ0n) is 15.5. The van der Waals surface area contributed by atoms with Crippen molar-refractivity contribution in [3.63, 3.8) is 0 Å². The van der Waals surface area contributed by atoms with E-state index < -0.39 is 0 Å². The molecule has 0 amide bonds. The van der Waals surface area contributed by atoms with Crippen LogP contribution in [0.25, 0.3) is 10.9 Å². The van der Waals surface area contributed by atoms with E-state index in [4.69, 9.17) is 9.47 Å². The van der Waals surface area contributed by atoms with E-state index in [9.17, 15) is 0 Å². The number of H-pyrrole nitrogens is 1. The minimum absolute atomic E-state index is 0.529. The predicted octanol–water partition coefficient (Wildman–Crippen LogP) is 3.87. The molecule has 0 aliphatic heterocycles. The summed E-state index contributed by atoms with van der Waals surface area (Å²) in [7, 11) is 3.49. The highest BCUT2D eigenvalue weighted by Gasteiger charge is 2.20. The standard InChI is InChI=1S/C22H26N2O2/c1-25-20-7-3-5-15-13-17(9-10-18(15)20)23-12-11-16-14-24-19-6-4-8-21(26-2)22(16)19/h3-8,14,17,23-24H,9-13H2,1-2H3. The molecule has 1 unspecified atom stereocenters. The fourth-order valence-corrected chi connectivity index (χ4v) is 4.14. The fourth-order valence-electron chi connectivity index (χ4n) is 4.14. The minimum atomic E-state index is 0.529. The van der Waals surface area contributed by atoms with Gasteiger partial charge in [-0.3, -0.25) is 0 Å². The molecule has 1 heterocycles. The topological polar surface area (TPSA) is 46.3 Å². The Bertz CT molecular complexity index is 900. The third-order valence-electron chi connectivity index (χ3n) is 5.46. The lowest BCUT2D eigenvalue weighted by molar-refractivity contribution is 0.397. The number of ether oxygens (including phenoxy) is 2. The summed E-state index contributed by atoms with van der Waals surface area (Å²) >= 11 is 0. The zero-order chi connectivity index (χ0) is 17.9. The van der Waals surface area contributed by atoms with Crippen LogP contribution in [0.4, 0.5) is 0 Å². The molecule has 4 nitrogen and oxygen atoms in total. The molecule has 1 aliphatic carbocycles. The van der Waals surface area contributed by atoms with Crippen molar-refractivity contribution in [2.45, 2.75) is 31.7 Å². The SMILES string of the molecule is COc1cccc2c1CCC(NCCc1c[nH]c3cccc(OC)c13)C2. The van der Waals surface area contributed by atoms with Gasteiger partial charge in [-0.15, -0.1) is 0 Å². The Morgan fingerprint density at radius 3 is 2.73 bits per heavy atom. The van der Waals surface area contributed by atoms with Crippen molar-refractivity contribution in [1.29, 1.82) is 0 Å². The van der Waals surface area contributed by atoms with Crippen molar-refractivity contribution in [3.8, 4) is 11.5 Å². The van der Waals surface area contributed by atoms with Crippen LogP contribution in [0.15, 0.2) is 42.6 Å². The number of fused-ring (bicyclic) bond motifs is 2. The van der Waals surface area contributed by atoms with Crippen molar-refractivity contribution in [3.05, 3.63) is 59.3 Å². The van der Waals surface area contributed by atoms with Crippen LogP contribution in [-0.4, -0.2) is 31.8 Å². The first-order valence-corrected chi connectivity index (χ1v) is 9.31. The molecule has 0 spiro atoms. The molecule has 1 aliphatic rings. The predicted molar refractivity (Wildman–Crippen MR) is 105 cm³/mol.